The van der Waals surface area contributed by atoms with Gasteiger partial charge in [-0.15, -0.1) is 11.3 Å². The van der Waals surface area contributed by atoms with Crippen molar-refractivity contribution in [3.63, 3.8) is 0 Å². The van der Waals surface area contributed by atoms with E-state index in [0.717, 1.165) is 5.22 Å². The van der Waals surface area contributed by atoms with Crippen molar-refractivity contribution in [3.05, 3.63) is 67.3 Å². The Morgan fingerprint density at radius 1 is 1.39 bits per heavy atom. The normalized spacial score (nSPS) is 14.5. The maximum absolute atomic E-state index is 12.4. The van der Waals surface area contributed by atoms with Gasteiger partial charge in [0.1, 0.15) is 11.5 Å². The summed E-state index contributed by atoms with van der Waals surface area (Å²) < 4.78 is 12.9. The fraction of sp³-hybridized carbons (Fsp3) is 0.150. The first kappa shape index (κ1) is 18.4. The molecule has 6 nitrogen and oxygen atoms in total. The third-order valence-electron chi connectivity index (χ3n) is 4.16. The number of fused-ring (bicyclic) bond motifs is 1. The second-order valence-corrected chi connectivity index (χ2v) is 7.71. The van der Waals surface area contributed by atoms with Gasteiger partial charge in [-0.3, -0.25) is 9.36 Å². The maximum Gasteiger partial charge on any atom is 0.277 e. The van der Waals surface area contributed by atoms with E-state index in [2.05, 4.69) is 4.99 Å². The van der Waals surface area contributed by atoms with E-state index >= 15 is 0 Å². The minimum absolute atomic E-state index is 0.00559. The lowest BCUT2D eigenvalue weighted by molar-refractivity contribution is -0.114. The summed E-state index contributed by atoms with van der Waals surface area (Å²) in [5.41, 5.74) is 0.373. The van der Waals surface area contributed by atoms with Crippen LogP contribution in [0.25, 0.3) is 12.2 Å². The Balaban J connectivity index is 1.74. The molecule has 1 amide bonds. The molecule has 1 N–H and O–H groups in total. The van der Waals surface area contributed by atoms with Gasteiger partial charge in [0.05, 0.1) is 29.6 Å². The first-order valence-corrected chi connectivity index (χ1v) is 9.82. The number of furan rings is 1. The monoisotopic (exact) mass is 412 g/mol. The van der Waals surface area contributed by atoms with Crippen molar-refractivity contribution in [2.45, 2.75) is 13.5 Å². The van der Waals surface area contributed by atoms with E-state index in [9.17, 15) is 9.90 Å². The van der Waals surface area contributed by atoms with Crippen LogP contribution >= 0.6 is 23.6 Å². The number of thiazole rings is 1. The molecule has 2 aromatic heterocycles. The van der Waals surface area contributed by atoms with Crippen LogP contribution in [0.1, 0.15) is 17.6 Å². The predicted octanol–water partition coefficient (Wildman–Crippen LogP) is 3.05. The third kappa shape index (κ3) is 3.56. The van der Waals surface area contributed by atoms with E-state index in [1.165, 1.54) is 11.3 Å². The number of aromatic hydroxyl groups is 1. The Kier molecular flexibility index (Phi) is 4.97. The van der Waals surface area contributed by atoms with Crippen molar-refractivity contribution in [3.8, 4) is 11.6 Å². The van der Waals surface area contributed by atoms with Gasteiger partial charge in [-0.25, -0.2) is 4.99 Å². The first-order chi connectivity index (χ1) is 13.5. The number of hydrogen-bond acceptors (Lipinski definition) is 6. The molecule has 3 aromatic rings. The molecular weight excluding hydrogens is 396 g/mol. The van der Waals surface area contributed by atoms with Crippen LogP contribution in [0.5, 0.6) is 11.6 Å². The smallest absolute Gasteiger partial charge is 0.277 e. The molecule has 1 aromatic carbocycles. The van der Waals surface area contributed by atoms with Gasteiger partial charge in [-0.05, 0) is 61.6 Å². The Hall–Kier alpha value is -2.97. The number of rotatable bonds is 5. The molecule has 0 spiro atoms. The number of amides is 1. The highest BCUT2D eigenvalue weighted by molar-refractivity contribution is 7.73. The Labute approximate surface area is 169 Å². The molecule has 0 bridgehead atoms. The third-order valence-corrected chi connectivity index (χ3v) is 5.55. The van der Waals surface area contributed by atoms with Gasteiger partial charge in [0, 0.05) is 10.8 Å². The fourth-order valence-corrected chi connectivity index (χ4v) is 4.12. The molecule has 4 rings (SSSR count). The largest absolute Gasteiger partial charge is 0.494 e. The molecule has 0 unspecified atom stereocenters. The van der Waals surface area contributed by atoms with Crippen LogP contribution in [0.3, 0.4) is 0 Å². The van der Waals surface area contributed by atoms with Crippen LogP contribution in [0, 0.1) is 3.95 Å². The van der Waals surface area contributed by atoms with E-state index < -0.39 is 0 Å². The zero-order valence-corrected chi connectivity index (χ0v) is 16.5. The average Bonchev–Trinajstić information content (AvgIpc) is 3.27. The maximum atomic E-state index is 12.4. The van der Waals surface area contributed by atoms with Crippen molar-refractivity contribution < 1.29 is 19.1 Å². The molecule has 8 heteroatoms. The number of aromatic nitrogens is 1. The van der Waals surface area contributed by atoms with Crippen LogP contribution < -0.4 is 15.3 Å². The number of benzene rings is 1. The molecule has 0 aliphatic carbocycles. The molecule has 3 heterocycles. The lowest BCUT2D eigenvalue weighted by atomic mass is 10.1. The van der Waals surface area contributed by atoms with Crippen molar-refractivity contribution in [2.75, 3.05) is 6.61 Å². The Morgan fingerprint density at radius 3 is 3.00 bits per heavy atom. The predicted molar refractivity (Wildman–Crippen MR) is 108 cm³/mol. The van der Waals surface area contributed by atoms with E-state index in [1.807, 2.05) is 13.0 Å². The first-order valence-electron chi connectivity index (χ1n) is 8.59. The van der Waals surface area contributed by atoms with Crippen LogP contribution in [0.2, 0.25) is 0 Å². The highest BCUT2D eigenvalue weighted by Crippen LogP contribution is 2.30. The molecule has 0 saturated heterocycles. The van der Waals surface area contributed by atoms with Crippen LogP contribution in [0.15, 0.2) is 51.6 Å². The molecule has 142 valence electrons. The molecule has 0 fully saturated rings. The van der Waals surface area contributed by atoms with Crippen LogP contribution in [-0.2, 0) is 11.3 Å². The lowest BCUT2D eigenvalue weighted by Gasteiger charge is -2.06. The number of nitrogens with zero attached hydrogens (tertiary/aromatic N) is 2. The molecule has 28 heavy (non-hydrogen) atoms. The van der Waals surface area contributed by atoms with Gasteiger partial charge in [0.15, 0.2) is 3.95 Å². The highest BCUT2D eigenvalue weighted by Gasteiger charge is 2.16. The van der Waals surface area contributed by atoms with Crippen LogP contribution in [0.4, 0.5) is 0 Å². The van der Waals surface area contributed by atoms with Gasteiger partial charge < -0.3 is 14.3 Å². The average molecular weight is 412 g/mol. The van der Waals surface area contributed by atoms with E-state index in [4.69, 9.17) is 21.4 Å². The second-order valence-electron chi connectivity index (χ2n) is 6.04. The number of hydrogen-bond donors (Lipinski definition) is 1. The zero-order valence-electron chi connectivity index (χ0n) is 14.9. The van der Waals surface area contributed by atoms with Gasteiger partial charge in [0.25, 0.3) is 5.91 Å². The Morgan fingerprint density at radius 2 is 2.25 bits per heavy atom. The Bertz CT molecular complexity index is 1250. The minimum atomic E-state index is -0.368. The summed E-state index contributed by atoms with van der Waals surface area (Å²) in [6.45, 7) is 2.78. The lowest BCUT2D eigenvalue weighted by Crippen LogP contribution is -2.30. The fourth-order valence-electron chi connectivity index (χ4n) is 2.86. The van der Waals surface area contributed by atoms with Gasteiger partial charge in [0.2, 0.25) is 5.88 Å². The summed E-state index contributed by atoms with van der Waals surface area (Å²) in [5.74, 6) is 1.02. The van der Waals surface area contributed by atoms with Crippen molar-refractivity contribution in [2.24, 2.45) is 4.99 Å². The standard InChI is InChI=1S/C20H16N2O4S2/c1-2-25-14-5-6-16-12(9-14)8-13(18(23)21-16)10-17-19(24)22(20(27)28-17)11-15-4-3-7-26-15/h3-10,24H,2,11H2,1H3/b13-10+. The van der Waals surface area contributed by atoms with Crippen LogP contribution in [-0.4, -0.2) is 22.2 Å². The molecule has 0 saturated carbocycles. The van der Waals surface area contributed by atoms with Gasteiger partial charge >= 0.3 is 0 Å². The molecule has 1 aliphatic heterocycles. The summed E-state index contributed by atoms with van der Waals surface area (Å²) in [7, 11) is 0. The van der Waals surface area contributed by atoms with E-state index in [0.29, 0.717) is 44.4 Å². The molecular formula is C20H16N2O4S2. The zero-order chi connectivity index (χ0) is 19.7. The molecule has 1 aliphatic rings. The summed E-state index contributed by atoms with van der Waals surface area (Å²) in [5, 5.41) is 12.0. The van der Waals surface area contributed by atoms with Crippen molar-refractivity contribution in [1.29, 1.82) is 0 Å². The minimum Gasteiger partial charge on any atom is -0.494 e. The van der Waals surface area contributed by atoms with Crippen molar-refractivity contribution >= 4 is 41.6 Å². The summed E-state index contributed by atoms with van der Waals surface area (Å²) in [4.78, 5) is 17.0. The summed E-state index contributed by atoms with van der Waals surface area (Å²) in [6.07, 6.45) is 4.92. The number of carbonyl (C=O) groups is 1. The summed E-state index contributed by atoms with van der Waals surface area (Å²) >= 11 is 6.58. The van der Waals surface area contributed by atoms with E-state index in [1.54, 1.807) is 47.2 Å². The van der Waals surface area contributed by atoms with Gasteiger partial charge in [-0.2, -0.15) is 0 Å². The highest BCUT2D eigenvalue weighted by atomic mass is 32.1. The molecule has 0 radical (unpaired) electrons. The number of carbonyl (C=O) groups excluding carboxylic acids is 1. The van der Waals surface area contributed by atoms with E-state index in [-0.39, 0.29) is 11.8 Å². The quantitative estimate of drug-likeness (QED) is 0.515. The SMILES string of the molecule is CCOc1ccc2c(c1)=C/C(=C\c1sc(=S)n(Cc3ccco3)c1O)C(=O)N=2. The summed E-state index contributed by atoms with van der Waals surface area (Å²) in [6, 6.07) is 8.96. The van der Waals surface area contributed by atoms with Gasteiger partial charge in [-0.1, -0.05) is 0 Å². The number of ether oxygens (including phenoxy) is 1. The second kappa shape index (κ2) is 7.57. The van der Waals surface area contributed by atoms with Crippen molar-refractivity contribution in [1.82, 2.24) is 4.57 Å². The molecule has 0 atom stereocenters. The topological polar surface area (TPSA) is 77.0 Å².